The predicted octanol–water partition coefficient (Wildman–Crippen LogP) is 4.24. The highest BCUT2D eigenvalue weighted by molar-refractivity contribution is 8.15. The second-order valence-corrected chi connectivity index (χ2v) is 7.60. The second-order valence-electron chi connectivity index (χ2n) is 6.00. The lowest BCUT2D eigenvalue weighted by molar-refractivity contribution is -0.128. The third kappa shape index (κ3) is 4.45. The van der Waals surface area contributed by atoms with Gasteiger partial charge in [0.25, 0.3) is 0 Å². The third-order valence-corrected chi connectivity index (χ3v) is 5.36. The first-order valence-corrected chi connectivity index (χ1v) is 9.33. The summed E-state index contributed by atoms with van der Waals surface area (Å²) in [5.41, 5.74) is 2.41. The Morgan fingerprint density at radius 1 is 1.27 bits per heavy atom. The number of halogens is 1. The first-order valence-electron chi connectivity index (χ1n) is 8.07. The standard InChI is InChI=1S/C19H18ClN3O2S/c1-12-5-3-7-14(9-12)21-18(25)16-11-17(24)23(2)19(26-16)22-15-8-4-6-13(20)10-15/h3-10,16H,11H2,1-2H3,(H,21,25). The number of hydrogen-bond donors (Lipinski definition) is 1. The van der Waals surface area contributed by atoms with Gasteiger partial charge in [0.1, 0.15) is 5.25 Å². The van der Waals surface area contributed by atoms with Gasteiger partial charge in [0.15, 0.2) is 5.17 Å². The molecule has 1 saturated heterocycles. The Kier molecular flexibility index (Phi) is 5.64. The molecule has 1 N–H and O–H groups in total. The van der Waals surface area contributed by atoms with Gasteiger partial charge >= 0.3 is 0 Å². The molecule has 0 saturated carbocycles. The highest BCUT2D eigenvalue weighted by atomic mass is 35.5. The maximum Gasteiger partial charge on any atom is 0.238 e. The number of nitrogens with one attached hydrogen (secondary N) is 1. The van der Waals surface area contributed by atoms with Crippen molar-refractivity contribution in [3.05, 3.63) is 59.1 Å². The minimum Gasteiger partial charge on any atom is -0.325 e. The monoisotopic (exact) mass is 387 g/mol. The number of benzene rings is 2. The summed E-state index contributed by atoms with van der Waals surface area (Å²) in [6, 6.07) is 14.6. The maximum absolute atomic E-state index is 12.6. The van der Waals surface area contributed by atoms with E-state index < -0.39 is 5.25 Å². The molecule has 2 aromatic rings. The lowest BCUT2D eigenvalue weighted by atomic mass is 10.2. The lowest BCUT2D eigenvalue weighted by Crippen LogP contribution is -2.43. The van der Waals surface area contributed by atoms with E-state index in [1.807, 2.05) is 31.2 Å². The van der Waals surface area contributed by atoms with E-state index in [0.717, 1.165) is 11.3 Å². The zero-order chi connectivity index (χ0) is 18.7. The SMILES string of the molecule is Cc1cccc(NC(=O)C2CC(=O)N(C)C(=Nc3cccc(Cl)c3)S2)c1. The van der Waals surface area contributed by atoms with Crippen molar-refractivity contribution >= 4 is 51.7 Å². The topological polar surface area (TPSA) is 61.8 Å². The first kappa shape index (κ1) is 18.5. The van der Waals surface area contributed by atoms with Crippen LogP contribution in [0.3, 0.4) is 0 Å². The molecule has 1 fully saturated rings. The molecule has 1 unspecified atom stereocenters. The van der Waals surface area contributed by atoms with Gasteiger partial charge in [0.05, 0.1) is 5.69 Å². The molecule has 134 valence electrons. The van der Waals surface area contributed by atoms with Crippen molar-refractivity contribution in [2.75, 3.05) is 12.4 Å². The summed E-state index contributed by atoms with van der Waals surface area (Å²) in [5.74, 6) is -0.352. The largest absolute Gasteiger partial charge is 0.325 e. The van der Waals surface area contributed by atoms with E-state index in [4.69, 9.17) is 11.6 Å². The Labute approximate surface area is 161 Å². The van der Waals surface area contributed by atoms with Gasteiger partial charge in [-0.15, -0.1) is 0 Å². The van der Waals surface area contributed by atoms with E-state index in [2.05, 4.69) is 10.3 Å². The zero-order valence-electron chi connectivity index (χ0n) is 14.4. The first-order chi connectivity index (χ1) is 12.4. The lowest BCUT2D eigenvalue weighted by Gasteiger charge is -2.28. The summed E-state index contributed by atoms with van der Waals surface area (Å²) in [4.78, 5) is 30.9. The Morgan fingerprint density at radius 3 is 2.77 bits per heavy atom. The number of anilines is 1. The van der Waals surface area contributed by atoms with Crippen LogP contribution in [0, 0.1) is 6.92 Å². The number of hydrogen-bond acceptors (Lipinski definition) is 4. The van der Waals surface area contributed by atoms with Crippen LogP contribution in [-0.2, 0) is 9.59 Å². The van der Waals surface area contributed by atoms with Gasteiger partial charge in [-0.05, 0) is 42.8 Å². The normalized spacial score (nSPS) is 18.9. The van der Waals surface area contributed by atoms with E-state index in [-0.39, 0.29) is 18.2 Å². The van der Waals surface area contributed by atoms with Gasteiger partial charge in [-0.1, -0.05) is 41.6 Å². The third-order valence-electron chi connectivity index (χ3n) is 3.88. The van der Waals surface area contributed by atoms with E-state index >= 15 is 0 Å². The van der Waals surface area contributed by atoms with Gasteiger partial charge in [0.2, 0.25) is 11.8 Å². The van der Waals surface area contributed by atoms with Crippen molar-refractivity contribution in [1.29, 1.82) is 0 Å². The van der Waals surface area contributed by atoms with Crippen LogP contribution in [0.4, 0.5) is 11.4 Å². The second kappa shape index (κ2) is 7.93. The van der Waals surface area contributed by atoms with Crippen molar-refractivity contribution in [3.8, 4) is 0 Å². The van der Waals surface area contributed by atoms with E-state index in [1.165, 1.54) is 16.7 Å². The van der Waals surface area contributed by atoms with Crippen LogP contribution in [0.5, 0.6) is 0 Å². The fourth-order valence-corrected chi connectivity index (χ4v) is 3.75. The number of amidine groups is 1. The predicted molar refractivity (Wildman–Crippen MR) is 107 cm³/mol. The molecule has 7 heteroatoms. The molecule has 26 heavy (non-hydrogen) atoms. The van der Waals surface area contributed by atoms with Crippen molar-refractivity contribution < 1.29 is 9.59 Å². The molecule has 1 aliphatic heterocycles. The maximum atomic E-state index is 12.6. The Hall–Kier alpha value is -2.31. The molecule has 2 amide bonds. The Balaban J connectivity index is 1.79. The minimum atomic E-state index is -0.530. The summed E-state index contributed by atoms with van der Waals surface area (Å²) in [6.45, 7) is 1.96. The summed E-state index contributed by atoms with van der Waals surface area (Å²) >= 11 is 7.26. The van der Waals surface area contributed by atoms with E-state index in [0.29, 0.717) is 15.9 Å². The van der Waals surface area contributed by atoms with Crippen molar-refractivity contribution in [1.82, 2.24) is 4.90 Å². The zero-order valence-corrected chi connectivity index (χ0v) is 16.0. The quantitative estimate of drug-likeness (QED) is 0.856. The molecule has 0 radical (unpaired) electrons. The van der Waals surface area contributed by atoms with Crippen molar-refractivity contribution in [2.45, 2.75) is 18.6 Å². The van der Waals surface area contributed by atoms with Crippen LogP contribution in [0.15, 0.2) is 53.5 Å². The van der Waals surface area contributed by atoms with Crippen LogP contribution in [-0.4, -0.2) is 34.2 Å². The average molecular weight is 388 g/mol. The number of carbonyl (C=O) groups is 2. The van der Waals surface area contributed by atoms with Gasteiger partial charge in [0, 0.05) is 24.2 Å². The van der Waals surface area contributed by atoms with Gasteiger partial charge in [-0.2, -0.15) is 0 Å². The molecule has 0 bridgehead atoms. The highest BCUT2D eigenvalue weighted by Gasteiger charge is 2.34. The number of aryl methyl sites for hydroxylation is 1. The molecule has 1 aliphatic rings. The van der Waals surface area contributed by atoms with Gasteiger partial charge in [-0.25, -0.2) is 4.99 Å². The molecule has 0 spiro atoms. The smallest absolute Gasteiger partial charge is 0.238 e. The van der Waals surface area contributed by atoms with Crippen molar-refractivity contribution in [3.63, 3.8) is 0 Å². The summed E-state index contributed by atoms with van der Waals surface area (Å²) in [5, 5.41) is 3.39. The number of amides is 2. The number of rotatable bonds is 3. The van der Waals surface area contributed by atoms with E-state index in [9.17, 15) is 9.59 Å². The number of aliphatic imine (C=N–C) groups is 1. The fraction of sp³-hybridized carbons (Fsp3) is 0.211. The number of nitrogens with zero attached hydrogens (tertiary/aromatic N) is 2. The minimum absolute atomic E-state index is 0.132. The van der Waals surface area contributed by atoms with Crippen LogP contribution in [0.2, 0.25) is 5.02 Å². The van der Waals surface area contributed by atoms with Crippen LogP contribution in [0.1, 0.15) is 12.0 Å². The molecule has 1 atom stereocenters. The average Bonchev–Trinajstić information content (AvgIpc) is 2.59. The fourth-order valence-electron chi connectivity index (χ4n) is 2.50. The molecule has 2 aromatic carbocycles. The van der Waals surface area contributed by atoms with Crippen LogP contribution >= 0.6 is 23.4 Å². The molecule has 5 nitrogen and oxygen atoms in total. The molecule has 0 aromatic heterocycles. The number of thioether (sulfide) groups is 1. The Morgan fingerprint density at radius 2 is 2.04 bits per heavy atom. The molecule has 3 rings (SSSR count). The van der Waals surface area contributed by atoms with Gasteiger partial charge < -0.3 is 5.32 Å². The Bertz CT molecular complexity index is 885. The highest BCUT2D eigenvalue weighted by Crippen LogP contribution is 2.29. The summed E-state index contributed by atoms with van der Waals surface area (Å²) < 4.78 is 0. The molecular weight excluding hydrogens is 370 g/mol. The van der Waals surface area contributed by atoms with Crippen LogP contribution < -0.4 is 5.32 Å². The van der Waals surface area contributed by atoms with Gasteiger partial charge in [-0.3, -0.25) is 14.5 Å². The molecule has 1 heterocycles. The van der Waals surface area contributed by atoms with E-state index in [1.54, 1.807) is 31.3 Å². The number of carbonyl (C=O) groups excluding carboxylic acids is 2. The summed E-state index contributed by atoms with van der Waals surface area (Å²) in [7, 11) is 1.66. The summed E-state index contributed by atoms with van der Waals surface area (Å²) in [6.07, 6.45) is 0.132. The molecule has 0 aliphatic carbocycles. The van der Waals surface area contributed by atoms with Crippen molar-refractivity contribution in [2.24, 2.45) is 4.99 Å². The molecular formula is C19H18ClN3O2S. The van der Waals surface area contributed by atoms with Crippen LogP contribution in [0.25, 0.3) is 0 Å².